The van der Waals surface area contributed by atoms with Crippen molar-refractivity contribution >= 4 is 18.1 Å². The maximum absolute atomic E-state index is 12.4. The maximum atomic E-state index is 12.4. The number of likely N-dealkylation sites (tertiary alicyclic amines) is 1. The molecular formula is C24H35N3O6. The van der Waals surface area contributed by atoms with Crippen molar-refractivity contribution in [3.05, 3.63) is 30.3 Å². The summed E-state index contributed by atoms with van der Waals surface area (Å²) in [4.78, 5) is 39.6. The topological polar surface area (TPSA) is 97.4 Å². The van der Waals surface area contributed by atoms with Gasteiger partial charge in [0.2, 0.25) is 0 Å². The van der Waals surface area contributed by atoms with E-state index < -0.39 is 0 Å². The second kappa shape index (κ2) is 12.9. The van der Waals surface area contributed by atoms with Gasteiger partial charge in [0.05, 0.1) is 13.2 Å². The molecule has 1 aromatic rings. The molecule has 2 saturated heterocycles. The van der Waals surface area contributed by atoms with Crippen molar-refractivity contribution in [3.63, 3.8) is 0 Å². The van der Waals surface area contributed by atoms with E-state index in [9.17, 15) is 14.4 Å². The first-order chi connectivity index (χ1) is 16.1. The number of ether oxygens (including phenoxy) is 3. The number of amides is 3. The number of esters is 1. The standard InChI is InChI=1S/C24H35N3O6/c1-2-31-22(28)11-7-4-8-14-25-23(29)26-15-12-19(13-16-26)27-17-21(33-24(27)30)18-32-20-9-5-3-6-10-20/h3,5-6,9-10,19,21H,2,4,7-8,11-18H2,1H3,(H,25,29). The minimum Gasteiger partial charge on any atom is -0.490 e. The zero-order valence-electron chi connectivity index (χ0n) is 19.4. The van der Waals surface area contributed by atoms with E-state index in [2.05, 4.69) is 5.32 Å². The predicted molar refractivity (Wildman–Crippen MR) is 122 cm³/mol. The quantitative estimate of drug-likeness (QED) is 0.402. The maximum Gasteiger partial charge on any atom is 0.410 e. The summed E-state index contributed by atoms with van der Waals surface area (Å²) < 4.78 is 16.1. The Hall–Kier alpha value is -2.97. The second-order valence-electron chi connectivity index (χ2n) is 8.35. The number of unbranched alkanes of at least 4 members (excludes halogenated alkanes) is 2. The molecule has 2 fully saturated rings. The number of urea groups is 1. The number of piperidine rings is 1. The molecule has 0 radical (unpaired) electrons. The highest BCUT2D eigenvalue weighted by Gasteiger charge is 2.38. The minimum atomic E-state index is -0.303. The molecule has 2 aliphatic rings. The fourth-order valence-electron chi connectivity index (χ4n) is 4.12. The van der Waals surface area contributed by atoms with Crippen molar-refractivity contribution in [1.82, 2.24) is 15.1 Å². The van der Waals surface area contributed by atoms with Crippen molar-refractivity contribution in [2.24, 2.45) is 0 Å². The minimum absolute atomic E-state index is 0.0722. The van der Waals surface area contributed by atoms with Crippen molar-refractivity contribution in [1.29, 1.82) is 0 Å². The van der Waals surface area contributed by atoms with E-state index in [1.165, 1.54) is 0 Å². The molecule has 2 aliphatic heterocycles. The van der Waals surface area contributed by atoms with Gasteiger partial charge in [-0.2, -0.15) is 0 Å². The molecule has 1 atom stereocenters. The van der Waals surface area contributed by atoms with Crippen molar-refractivity contribution in [3.8, 4) is 5.75 Å². The van der Waals surface area contributed by atoms with Gasteiger partial charge in [0, 0.05) is 32.1 Å². The number of cyclic esters (lactones) is 1. The number of hydrogen-bond acceptors (Lipinski definition) is 6. The zero-order chi connectivity index (χ0) is 23.5. The van der Waals surface area contributed by atoms with Crippen LogP contribution in [0.5, 0.6) is 5.75 Å². The summed E-state index contributed by atoms with van der Waals surface area (Å²) in [5.74, 6) is 0.589. The lowest BCUT2D eigenvalue weighted by Crippen LogP contribution is -2.50. The van der Waals surface area contributed by atoms with Crippen molar-refractivity contribution < 1.29 is 28.6 Å². The monoisotopic (exact) mass is 461 g/mol. The highest BCUT2D eigenvalue weighted by atomic mass is 16.6. The summed E-state index contributed by atoms with van der Waals surface area (Å²) in [6.45, 7) is 4.84. The molecule has 3 amide bonds. The summed E-state index contributed by atoms with van der Waals surface area (Å²) >= 11 is 0. The Morgan fingerprint density at radius 1 is 1.12 bits per heavy atom. The van der Waals surface area contributed by atoms with Gasteiger partial charge in [0.1, 0.15) is 12.4 Å². The van der Waals surface area contributed by atoms with E-state index >= 15 is 0 Å². The van der Waals surface area contributed by atoms with Gasteiger partial charge in [-0.15, -0.1) is 0 Å². The van der Waals surface area contributed by atoms with Gasteiger partial charge in [-0.25, -0.2) is 9.59 Å². The molecule has 9 nitrogen and oxygen atoms in total. The van der Waals surface area contributed by atoms with Crippen molar-refractivity contribution in [2.75, 3.05) is 39.4 Å². The molecule has 0 spiro atoms. The number of hydrogen-bond donors (Lipinski definition) is 1. The number of rotatable bonds is 11. The SMILES string of the molecule is CCOC(=O)CCCCCNC(=O)N1CCC(N2CC(COc3ccccc3)OC2=O)CC1. The molecule has 0 bridgehead atoms. The molecule has 9 heteroatoms. The van der Waals surface area contributed by atoms with Gasteiger partial charge in [-0.05, 0) is 44.7 Å². The molecule has 2 heterocycles. The van der Waals surface area contributed by atoms with E-state index in [4.69, 9.17) is 14.2 Å². The Labute approximate surface area is 195 Å². The fraction of sp³-hybridized carbons (Fsp3) is 0.625. The number of carbonyl (C=O) groups is 3. The number of nitrogens with zero attached hydrogens (tertiary/aromatic N) is 2. The van der Waals surface area contributed by atoms with Crippen LogP contribution in [0.15, 0.2) is 30.3 Å². The van der Waals surface area contributed by atoms with Gasteiger partial charge in [-0.3, -0.25) is 4.79 Å². The fourth-order valence-corrected chi connectivity index (χ4v) is 4.12. The summed E-state index contributed by atoms with van der Waals surface area (Å²) in [5.41, 5.74) is 0. The molecule has 0 aromatic heterocycles. The Morgan fingerprint density at radius 3 is 2.61 bits per heavy atom. The highest BCUT2D eigenvalue weighted by Crippen LogP contribution is 2.23. The molecule has 1 unspecified atom stereocenters. The van der Waals surface area contributed by atoms with Crippen LogP contribution in [-0.2, 0) is 14.3 Å². The number of nitrogens with one attached hydrogen (secondary N) is 1. The summed E-state index contributed by atoms with van der Waals surface area (Å²) in [5, 5.41) is 2.95. The third-order valence-electron chi connectivity index (χ3n) is 5.91. The highest BCUT2D eigenvalue weighted by molar-refractivity contribution is 5.74. The molecular weight excluding hydrogens is 426 g/mol. The summed E-state index contributed by atoms with van der Waals surface area (Å²) in [7, 11) is 0. The average molecular weight is 462 g/mol. The average Bonchev–Trinajstić information content (AvgIpc) is 3.21. The third kappa shape index (κ3) is 7.83. The van der Waals surface area contributed by atoms with E-state index in [-0.39, 0.29) is 30.2 Å². The first kappa shape index (κ1) is 24.7. The molecule has 1 aromatic carbocycles. The Kier molecular flexibility index (Phi) is 9.65. The van der Waals surface area contributed by atoms with Gasteiger partial charge in [0.15, 0.2) is 6.10 Å². The second-order valence-corrected chi connectivity index (χ2v) is 8.35. The summed E-state index contributed by atoms with van der Waals surface area (Å²) in [6.07, 6.45) is 3.76. The zero-order valence-corrected chi connectivity index (χ0v) is 19.4. The van der Waals surface area contributed by atoms with E-state index in [1.807, 2.05) is 30.3 Å². The van der Waals surface area contributed by atoms with E-state index in [1.54, 1.807) is 16.7 Å². The third-order valence-corrected chi connectivity index (χ3v) is 5.91. The normalized spacial score (nSPS) is 18.7. The van der Waals surface area contributed by atoms with Gasteiger partial charge < -0.3 is 29.3 Å². The lowest BCUT2D eigenvalue weighted by atomic mass is 10.0. The molecule has 3 rings (SSSR count). The number of benzene rings is 1. The lowest BCUT2D eigenvalue weighted by Gasteiger charge is -2.35. The van der Waals surface area contributed by atoms with Crippen LogP contribution in [0.4, 0.5) is 9.59 Å². The van der Waals surface area contributed by atoms with Gasteiger partial charge in [-0.1, -0.05) is 24.6 Å². The molecule has 0 aliphatic carbocycles. The van der Waals surface area contributed by atoms with Crippen LogP contribution in [0.3, 0.4) is 0 Å². The number of para-hydroxylation sites is 1. The van der Waals surface area contributed by atoms with E-state index in [0.29, 0.717) is 45.8 Å². The van der Waals surface area contributed by atoms with Crippen LogP contribution >= 0.6 is 0 Å². The van der Waals surface area contributed by atoms with Gasteiger partial charge in [0.25, 0.3) is 0 Å². The molecule has 1 N–H and O–H groups in total. The van der Waals surface area contributed by atoms with Gasteiger partial charge >= 0.3 is 18.1 Å². The smallest absolute Gasteiger partial charge is 0.410 e. The van der Waals surface area contributed by atoms with Crippen LogP contribution in [0.25, 0.3) is 0 Å². The summed E-state index contributed by atoms with van der Waals surface area (Å²) in [6, 6.07) is 9.48. The first-order valence-corrected chi connectivity index (χ1v) is 11.9. The van der Waals surface area contributed by atoms with Crippen molar-refractivity contribution in [2.45, 2.75) is 57.6 Å². The Morgan fingerprint density at radius 2 is 1.88 bits per heavy atom. The first-order valence-electron chi connectivity index (χ1n) is 11.9. The lowest BCUT2D eigenvalue weighted by molar-refractivity contribution is -0.143. The van der Waals surface area contributed by atoms with E-state index in [0.717, 1.165) is 37.9 Å². The molecule has 0 saturated carbocycles. The van der Waals surface area contributed by atoms with Crippen LogP contribution in [0.2, 0.25) is 0 Å². The largest absolute Gasteiger partial charge is 0.490 e. The number of carbonyl (C=O) groups excluding carboxylic acids is 3. The molecule has 182 valence electrons. The Balaban J connectivity index is 1.29. The van der Waals surface area contributed by atoms with Crippen LogP contribution in [-0.4, -0.2) is 79.4 Å². The van der Waals surface area contributed by atoms with Crippen LogP contribution in [0.1, 0.15) is 45.4 Å². The molecule has 33 heavy (non-hydrogen) atoms. The predicted octanol–water partition coefficient (Wildman–Crippen LogP) is 3.18. The Bertz CT molecular complexity index is 767. The van der Waals surface area contributed by atoms with Crippen LogP contribution < -0.4 is 10.1 Å². The van der Waals surface area contributed by atoms with Crippen LogP contribution in [0, 0.1) is 0 Å².